The van der Waals surface area contributed by atoms with Gasteiger partial charge in [-0.3, -0.25) is 4.68 Å². The van der Waals surface area contributed by atoms with Gasteiger partial charge in [0.15, 0.2) is 5.82 Å². The summed E-state index contributed by atoms with van der Waals surface area (Å²) in [5, 5.41) is 4.66. The molecule has 2 heterocycles. The van der Waals surface area contributed by atoms with Gasteiger partial charge in [-0.25, -0.2) is 9.97 Å². The van der Waals surface area contributed by atoms with Gasteiger partial charge in [-0.1, -0.05) is 25.4 Å². The maximum atomic E-state index is 6.02. The fourth-order valence-electron chi connectivity index (χ4n) is 1.57. The molecule has 0 aliphatic carbocycles. The molecule has 2 aromatic rings. The summed E-state index contributed by atoms with van der Waals surface area (Å²) in [5.41, 5.74) is 2.90. The van der Waals surface area contributed by atoms with Crippen molar-refractivity contribution in [2.45, 2.75) is 26.7 Å². The molecule has 0 radical (unpaired) electrons. The highest BCUT2D eigenvalue weighted by atomic mass is 35.5. The zero-order valence-corrected chi connectivity index (χ0v) is 11.2. The van der Waals surface area contributed by atoms with E-state index in [-0.39, 0.29) is 0 Å². The summed E-state index contributed by atoms with van der Waals surface area (Å²) in [5.74, 6) is 0.970. The highest BCUT2D eigenvalue weighted by molar-refractivity contribution is 6.29. The molecule has 4 nitrogen and oxygen atoms in total. The lowest BCUT2D eigenvalue weighted by molar-refractivity contribution is 0.740. The van der Waals surface area contributed by atoms with Crippen LogP contribution in [0.4, 0.5) is 0 Å². The molecule has 0 fully saturated rings. The lowest BCUT2D eigenvalue weighted by Gasteiger charge is -2.07. The first-order valence-corrected chi connectivity index (χ1v) is 5.90. The minimum atomic E-state index is 0.325. The van der Waals surface area contributed by atoms with Crippen molar-refractivity contribution in [2.75, 3.05) is 0 Å². The fourth-order valence-corrected chi connectivity index (χ4v) is 1.76. The highest BCUT2D eigenvalue weighted by Crippen LogP contribution is 2.23. The van der Waals surface area contributed by atoms with E-state index >= 15 is 0 Å². The Bertz CT molecular complexity index is 545. The van der Waals surface area contributed by atoms with Gasteiger partial charge in [-0.05, 0) is 18.9 Å². The van der Waals surface area contributed by atoms with Crippen LogP contribution < -0.4 is 0 Å². The Labute approximate surface area is 106 Å². The molecular weight excluding hydrogens is 236 g/mol. The van der Waals surface area contributed by atoms with Crippen LogP contribution in [0, 0.1) is 6.92 Å². The van der Waals surface area contributed by atoms with Crippen LogP contribution in [0.5, 0.6) is 0 Å². The van der Waals surface area contributed by atoms with Crippen molar-refractivity contribution < 1.29 is 0 Å². The van der Waals surface area contributed by atoms with Crippen molar-refractivity contribution in [3.05, 3.63) is 28.8 Å². The number of hydrogen-bond acceptors (Lipinski definition) is 3. The first-order chi connectivity index (χ1) is 7.99. The van der Waals surface area contributed by atoms with Crippen molar-refractivity contribution in [3.8, 4) is 11.4 Å². The summed E-state index contributed by atoms with van der Waals surface area (Å²) in [6.07, 6.45) is 1.77. The van der Waals surface area contributed by atoms with Gasteiger partial charge in [-0.2, -0.15) is 5.10 Å². The molecule has 0 atom stereocenters. The number of nitrogens with zero attached hydrogens (tertiary/aromatic N) is 4. The van der Waals surface area contributed by atoms with Gasteiger partial charge in [0.25, 0.3) is 0 Å². The van der Waals surface area contributed by atoms with Crippen molar-refractivity contribution in [1.29, 1.82) is 0 Å². The van der Waals surface area contributed by atoms with Crippen LogP contribution in [0.1, 0.15) is 31.2 Å². The Morgan fingerprint density at radius 2 is 2.00 bits per heavy atom. The van der Waals surface area contributed by atoms with Gasteiger partial charge in [0.2, 0.25) is 0 Å². The monoisotopic (exact) mass is 250 g/mol. The van der Waals surface area contributed by atoms with Crippen LogP contribution in [-0.2, 0) is 7.05 Å². The Morgan fingerprint density at radius 3 is 2.53 bits per heavy atom. The second-order valence-electron chi connectivity index (χ2n) is 4.36. The summed E-state index contributed by atoms with van der Waals surface area (Å²) in [4.78, 5) is 8.79. The van der Waals surface area contributed by atoms with E-state index in [2.05, 4.69) is 28.9 Å². The first-order valence-electron chi connectivity index (χ1n) is 5.52. The molecule has 0 N–H and O–H groups in total. The summed E-state index contributed by atoms with van der Waals surface area (Å²) < 4.78 is 1.80. The number of aromatic nitrogens is 4. The lowest BCUT2D eigenvalue weighted by atomic mass is 10.1. The predicted octanol–water partition coefficient (Wildman–Crippen LogP) is 2.96. The molecule has 90 valence electrons. The van der Waals surface area contributed by atoms with Gasteiger partial charge in [-0.15, -0.1) is 0 Å². The molecule has 0 spiro atoms. The number of rotatable bonds is 2. The Hall–Kier alpha value is -1.42. The summed E-state index contributed by atoms with van der Waals surface area (Å²) >= 11 is 6.02. The third kappa shape index (κ3) is 2.31. The van der Waals surface area contributed by atoms with Gasteiger partial charge in [0.05, 0.1) is 11.8 Å². The minimum absolute atomic E-state index is 0.325. The number of aryl methyl sites for hydroxylation is 1. The number of halogens is 1. The molecule has 2 rings (SSSR count). The molecule has 0 bridgehead atoms. The summed E-state index contributed by atoms with van der Waals surface area (Å²) in [6, 6.07) is 1.81. The topological polar surface area (TPSA) is 43.6 Å². The smallest absolute Gasteiger partial charge is 0.164 e. The molecule has 17 heavy (non-hydrogen) atoms. The summed E-state index contributed by atoms with van der Waals surface area (Å²) in [6.45, 7) is 6.15. The van der Waals surface area contributed by atoms with Gasteiger partial charge in [0, 0.05) is 18.4 Å². The second-order valence-corrected chi connectivity index (χ2v) is 4.75. The maximum absolute atomic E-state index is 6.02. The van der Waals surface area contributed by atoms with Crippen LogP contribution in [0.15, 0.2) is 12.3 Å². The zero-order valence-electron chi connectivity index (χ0n) is 10.4. The van der Waals surface area contributed by atoms with Crippen LogP contribution in [0.3, 0.4) is 0 Å². The average Bonchev–Trinajstić information content (AvgIpc) is 2.59. The highest BCUT2D eigenvalue weighted by Gasteiger charge is 2.12. The first kappa shape index (κ1) is 12.0. The molecule has 0 saturated heterocycles. The van der Waals surface area contributed by atoms with E-state index in [0.717, 1.165) is 17.0 Å². The predicted molar refractivity (Wildman–Crippen MR) is 68.1 cm³/mol. The molecule has 0 amide bonds. The van der Waals surface area contributed by atoms with E-state index in [1.165, 1.54) is 0 Å². The van der Waals surface area contributed by atoms with E-state index in [9.17, 15) is 0 Å². The third-order valence-corrected chi connectivity index (χ3v) is 2.98. The second kappa shape index (κ2) is 4.45. The lowest BCUT2D eigenvalue weighted by Crippen LogP contribution is -1.99. The van der Waals surface area contributed by atoms with Crippen LogP contribution in [-0.4, -0.2) is 19.7 Å². The number of hydrogen-bond donors (Lipinski definition) is 0. The van der Waals surface area contributed by atoms with E-state index in [4.69, 9.17) is 11.6 Å². The molecular formula is C12H15ClN4. The normalized spacial score (nSPS) is 11.2. The Kier molecular flexibility index (Phi) is 3.15. The molecule has 0 unspecified atom stereocenters. The standard InChI is InChI=1S/C12H15ClN4/c1-7(2)10-5-11(13)16-12(15-10)9-6-14-17(4)8(9)3/h5-7H,1-4H3. The fraction of sp³-hybridized carbons (Fsp3) is 0.417. The molecule has 0 aliphatic heterocycles. The van der Waals surface area contributed by atoms with Crippen molar-refractivity contribution >= 4 is 11.6 Å². The molecule has 0 aliphatic rings. The van der Waals surface area contributed by atoms with E-state index in [1.807, 2.05) is 14.0 Å². The quantitative estimate of drug-likeness (QED) is 0.770. The van der Waals surface area contributed by atoms with E-state index in [1.54, 1.807) is 16.9 Å². The van der Waals surface area contributed by atoms with Crippen molar-refractivity contribution in [2.24, 2.45) is 7.05 Å². The van der Waals surface area contributed by atoms with Gasteiger partial charge < -0.3 is 0 Å². The molecule has 2 aromatic heterocycles. The van der Waals surface area contributed by atoms with Crippen LogP contribution >= 0.6 is 11.6 Å². The third-order valence-electron chi connectivity index (χ3n) is 2.78. The van der Waals surface area contributed by atoms with Gasteiger partial charge >= 0.3 is 0 Å². The molecule has 5 heteroatoms. The Morgan fingerprint density at radius 1 is 1.29 bits per heavy atom. The van der Waals surface area contributed by atoms with Crippen LogP contribution in [0.25, 0.3) is 11.4 Å². The van der Waals surface area contributed by atoms with Crippen molar-refractivity contribution in [1.82, 2.24) is 19.7 Å². The van der Waals surface area contributed by atoms with E-state index in [0.29, 0.717) is 16.9 Å². The largest absolute Gasteiger partial charge is 0.272 e. The van der Waals surface area contributed by atoms with E-state index < -0.39 is 0 Å². The average molecular weight is 251 g/mol. The summed E-state index contributed by atoms with van der Waals surface area (Å²) in [7, 11) is 1.90. The molecule has 0 aromatic carbocycles. The van der Waals surface area contributed by atoms with Crippen molar-refractivity contribution in [3.63, 3.8) is 0 Å². The SMILES string of the molecule is Cc1c(-c2nc(Cl)cc(C(C)C)n2)cnn1C. The minimum Gasteiger partial charge on any atom is -0.272 e. The molecule has 0 saturated carbocycles. The van der Waals surface area contributed by atoms with Crippen LogP contribution in [0.2, 0.25) is 5.15 Å². The zero-order chi connectivity index (χ0) is 12.6. The van der Waals surface area contributed by atoms with Gasteiger partial charge in [0.1, 0.15) is 5.15 Å². The Balaban J connectivity index is 2.56. The maximum Gasteiger partial charge on any atom is 0.164 e.